The van der Waals surface area contributed by atoms with Crippen LogP contribution in [-0.4, -0.2) is 43.6 Å². The van der Waals surface area contributed by atoms with Crippen molar-refractivity contribution in [2.24, 2.45) is 0 Å². The summed E-state index contributed by atoms with van der Waals surface area (Å²) in [6.07, 6.45) is 1.73. The molecule has 0 aliphatic rings. The smallest absolute Gasteiger partial charge is 0.330 e. The molecule has 0 fully saturated rings. The lowest BCUT2D eigenvalue weighted by Crippen LogP contribution is -2.23. The number of aliphatic hydroxyl groups excluding tert-OH is 1. The van der Waals surface area contributed by atoms with Gasteiger partial charge >= 0.3 is 5.97 Å². The van der Waals surface area contributed by atoms with E-state index in [1.54, 1.807) is 23.5 Å². The van der Waals surface area contributed by atoms with Gasteiger partial charge in [0.1, 0.15) is 18.5 Å². The van der Waals surface area contributed by atoms with Gasteiger partial charge in [-0.25, -0.2) is 4.79 Å². The largest absolute Gasteiger partial charge is 0.491 e. The van der Waals surface area contributed by atoms with Gasteiger partial charge in [0.25, 0.3) is 0 Å². The predicted molar refractivity (Wildman–Crippen MR) is 118 cm³/mol. The van der Waals surface area contributed by atoms with Crippen molar-refractivity contribution in [2.45, 2.75) is 18.9 Å². The second kappa shape index (κ2) is 10.9. The van der Waals surface area contributed by atoms with Crippen LogP contribution in [0.25, 0.3) is 20.2 Å². The molecule has 0 radical (unpaired) electrons. The van der Waals surface area contributed by atoms with Crippen molar-refractivity contribution < 1.29 is 24.1 Å². The van der Waals surface area contributed by atoms with Crippen LogP contribution in [-0.2, 0) is 14.3 Å². The van der Waals surface area contributed by atoms with E-state index in [0.717, 1.165) is 15.5 Å². The monoisotopic (exact) mass is 428 g/mol. The van der Waals surface area contributed by atoms with Gasteiger partial charge in [-0.3, -0.25) is 4.79 Å². The van der Waals surface area contributed by atoms with Gasteiger partial charge in [-0.1, -0.05) is 18.7 Å². The first-order valence-electron chi connectivity index (χ1n) is 9.72. The number of unbranched alkanes of at least 4 members (excludes halogenated alkanes) is 1. The molecule has 1 N–H and O–H groups in total. The normalized spacial score (nSPS) is 12.0. The number of ether oxygens (including phenoxy) is 3. The molecule has 158 valence electrons. The summed E-state index contributed by atoms with van der Waals surface area (Å²) in [7, 11) is 0. The molecule has 6 nitrogen and oxygen atoms in total. The molecule has 30 heavy (non-hydrogen) atoms. The van der Waals surface area contributed by atoms with E-state index in [2.05, 4.69) is 6.58 Å². The Bertz CT molecular complexity index is 1070. The van der Waals surface area contributed by atoms with E-state index >= 15 is 0 Å². The number of hydrogen-bond donors (Lipinski definition) is 1. The fourth-order valence-electron chi connectivity index (χ4n) is 2.87. The van der Waals surface area contributed by atoms with Gasteiger partial charge in [-0.2, -0.15) is 0 Å². The Morgan fingerprint density at radius 2 is 1.83 bits per heavy atom. The minimum atomic E-state index is -0.787. The third-order valence-corrected chi connectivity index (χ3v) is 5.55. The summed E-state index contributed by atoms with van der Waals surface area (Å²) in [5, 5.41) is 11.3. The van der Waals surface area contributed by atoms with Gasteiger partial charge in [-0.05, 0) is 43.2 Å². The Morgan fingerprint density at radius 3 is 2.67 bits per heavy atom. The Labute approximate surface area is 178 Å². The Hall–Kier alpha value is -2.74. The van der Waals surface area contributed by atoms with Crippen LogP contribution in [0.15, 0.2) is 59.9 Å². The van der Waals surface area contributed by atoms with E-state index in [9.17, 15) is 14.7 Å². The molecule has 0 saturated heterocycles. The van der Waals surface area contributed by atoms with Crippen molar-refractivity contribution in [2.75, 3.05) is 26.4 Å². The van der Waals surface area contributed by atoms with E-state index in [0.29, 0.717) is 42.6 Å². The summed E-state index contributed by atoms with van der Waals surface area (Å²) in [6, 6.07) is 12.9. The second-order valence-electron chi connectivity index (χ2n) is 6.70. The molecule has 0 bridgehead atoms. The maximum atomic E-state index is 12.7. The molecule has 1 heterocycles. The van der Waals surface area contributed by atoms with Crippen LogP contribution >= 0.6 is 11.3 Å². The first-order valence-corrected chi connectivity index (χ1v) is 10.5. The van der Waals surface area contributed by atoms with Crippen LogP contribution in [0, 0.1) is 0 Å². The van der Waals surface area contributed by atoms with E-state index in [1.807, 2.05) is 30.3 Å². The molecule has 0 aliphatic heterocycles. The maximum absolute atomic E-state index is 12.7. The minimum Gasteiger partial charge on any atom is -0.491 e. The van der Waals surface area contributed by atoms with E-state index < -0.39 is 12.1 Å². The number of benzene rings is 2. The second-order valence-corrected chi connectivity index (χ2v) is 7.79. The zero-order chi connectivity index (χ0) is 21.3. The zero-order valence-corrected chi connectivity index (χ0v) is 17.4. The van der Waals surface area contributed by atoms with Crippen molar-refractivity contribution in [3.05, 3.63) is 65.3 Å². The van der Waals surface area contributed by atoms with E-state index in [-0.39, 0.29) is 18.6 Å². The molecular formula is C23H24O6S. The predicted octanol–water partition coefficient (Wildman–Crippen LogP) is 3.68. The Morgan fingerprint density at radius 1 is 1.07 bits per heavy atom. The van der Waals surface area contributed by atoms with Gasteiger partial charge in [0.2, 0.25) is 0 Å². The Kier molecular flexibility index (Phi) is 7.96. The van der Waals surface area contributed by atoms with Crippen molar-refractivity contribution >= 4 is 37.5 Å². The maximum Gasteiger partial charge on any atom is 0.330 e. The molecule has 7 heteroatoms. The van der Waals surface area contributed by atoms with Crippen LogP contribution in [0.2, 0.25) is 0 Å². The Balaban J connectivity index is 1.45. The number of esters is 1. The first kappa shape index (κ1) is 22.0. The molecule has 1 atom stereocenters. The lowest BCUT2D eigenvalue weighted by molar-refractivity contribution is -0.137. The van der Waals surface area contributed by atoms with Gasteiger partial charge in [0.15, 0.2) is 5.43 Å². The van der Waals surface area contributed by atoms with Crippen LogP contribution in [0.1, 0.15) is 12.8 Å². The summed E-state index contributed by atoms with van der Waals surface area (Å²) in [5.41, 5.74) is -0.0209. The highest BCUT2D eigenvalue weighted by molar-refractivity contribution is 7.24. The fraction of sp³-hybridized carbons (Fsp3) is 0.304. The van der Waals surface area contributed by atoms with Crippen LogP contribution < -0.4 is 10.2 Å². The number of aliphatic hydroxyl groups is 1. The molecule has 0 aliphatic carbocycles. The molecule has 0 saturated carbocycles. The third-order valence-electron chi connectivity index (χ3n) is 4.39. The van der Waals surface area contributed by atoms with Crippen molar-refractivity contribution in [3.8, 4) is 5.75 Å². The third kappa shape index (κ3) is 5.89. The van der Waals surface area contributed by atoms with Gasteiger partial charge in [0.05, 0.1) is 13.2 Å². The fourth-order valence-corrected chi connectivity index (χ4v) is 3.92. The number of rotatable bonds is 11. The minimum absolute atomic E-state index is 0.0209. The molecule has 3 rings (SSSR count). The summed E-state index contributed by atoms with van der Waals surface area (Å²) in [6.45, 7) is 4.30. The van der Waals surface area contributed by atoms with Crippen molar-refractivity contribution in [3.63, 3.8) is 0 Å². The van der Waals surface area contributed by atoms with Crippen molar-refractivity contribution in [1.82, 2.24) is 0 Å². The molecule has 1 aromatic heterocycles. The highest BCUT2D eigenvalue weighted by atomic mass is 32.1. The van der Waals surface area contributed by atoms with Crippen LogP contribution in [0.3, 0.4) is 0 Å². The van der Waals surface area contributed by atoms with Gasteiger partial charge < -0.3 is 19.3 Å². The molecule has 0 spiro atoms. The van der Waals surface area contributed by atoms with Crippen LogP contribution in [0.5, 0.6) is 5.75 Å². The van der Waals surface area contributed by atoms with Crippen molar-refractivity contribution in [1.29, 1.82) is 0 Å². The molecule has 1 unspecified atom stereocenters. The molecular weight excluding hydrogens is 404 g/mol. The topological polar surface area (TPSA) is 82.1 Å². The van der Waals surface area contributed by atoms with Crippen LogP contribution in [0.4, 0.5) is 0 Å². The quantitative estimate of drug-likeness (QED) is 0.217. The number of carbonyl (C=O) groups is 1. The standard InChI is InChI=1S/C23H24O6S/c1-2-22(25)28-12-6-5-11-27-14-16(24)15-29-17-9-10-21-19(13-17)23(26)18-7-3-4-8-20(18)30-21/h2-4,7-10,13,16,24H,1,5-6,11-12,14-15H2. The SMILES string of the molecule is C=CC(=O)OCCCCOCC(O)COc1ccc2sc3ccccc3c(=O)c2c1. The summed E-state index contributed by atoms with van der Waals surface area (Å²) >= 11 is 1.56. The van der Waals surface area contributed by atoms with E-state index in [1.165, 1.54) is 0 Å². The van der Waals surface area contributed by atoms with E-state index in [4.69, 9.17) is 14.2 Å². The molecule has 0 amide bonds. The first-order chi connectivity index (χ1) is 14.6. The average Bonchev–Trinajstić information content (AvgIpc) is 2.77. The zero-order valence-electron chi connectivity index (χ0n) is 16.5. The molecule has 3 aromatic rings. The lowest BCUT2D eigenvalue weighted by Gasteiger charge is -2.13. The highest BCUT2D eigenvalue weighted by Crippen LogP contribution is 2.27. The summed E-state index contributed by atoms with van der Waals surface area (Å²) in [4.78, 5) is 23.6. The van der Waals surface area contributed by atoms with Gasteiger partial charge in [-0.15, -0.1) is 11.3 Å². The number of hydrogen-bond acceptors (Lipinski definition) is 7. The lowest BCUT2D eigenvalue weighted by atomic mass is 10.2. The average molecular weight is 429 g/mol. The van der Waals surface area contributed by atoms with Gasteiger partial charge in [0, 0.05) is 32.9 Å². The number of carbonyl (C=O) groups excluding carboxylic acids is 1. The molecule has 2 aromatic carbocycles. The summed E-state index contributed by atoms with van der Waals surface area (Å²) < 4.78 is 17.8. The summed E-state index contributed by atoms with van der Waals surface area (Å²) in [5.74, 6) is 0.0975. The number of fused-ring (bicyclic) bond motifs is 2. The highest BCUT2D eigenvalue weighted by Gasteiger charge is 2.09.